The molecule has 1 N–H and O–H groups in total. The van der Waals surface area contributed by atoms with E-state index in [1.54, 1.807) is 9.58 Å². The number of hydrogen-bond donors (Lipinski definition) is 1. The molecule has 2 amide bonds. The number of thiophene rings is 1. The van der Waals surface area contributed by atoms with E-state index >= 15 is 0 Å². The Morgan fingerprint density at radius 2 is 1.82 bits per heavy atom. The number of anilines is 1. The fourth-order valence-electron chi connectivity index (χ4n) is 3.69. The monoisotopic (exact) mass is 475 g/mol. The second-order valence-corrected chi connectivity index (χ2v) is 9.96. The van der Waals surface area contributed by atoms with Crippen LogP contribution in [0.3, 0.4) is 0 Å². The van der Waals surface area contributed by atoms with E-state index in [-0.39, 0.29) is 18.4 Å². The third-order valence-electron chi connectivity index (χ3n) is 5.95. The third kappa shape index (κ3) is 5.02. The van der Waals surface area contributed by atoms with E-state index in [1.807, 2.05) is 93.7 Å². The summed E-state index contributed by atoms with van der Waals surface area (Å²) in [4.78, 5) is 29.9. The number of benzene rings is 2. The molecule has 34 heavy (non-hydrogen) atoms. The van der Waals surface area contributed by atoms with Crippen molar-refractivity contribution in [3.05, 3.63) is 76.5 Å². The summed E-state index contributed by atoms with van der Waals surface area (Å²) in [5.41, 5.74) is 2.81. The maximum Gasteiger partial charge on any atom is 0.249 e. The van der Waals surface area contributed by atoms with E-state index in [2.05, 4.69) is 15.6 Å². The fraction of sp³-hybridized carbons (Fsp3) is 0.308. The molecule has 0 aliphatic carbocycles. The highest BCUT2D eigenvalue weighted by Gasteiger charge is 2.35. The summed E-state index contributed by atoms with van der Waals surface area (Å²) in [7, 11) is 0. The second-order valence-electron chi connectivity index (χ2n) is 8.98. The van der Waals surface area contributed by atoms with Crippen LogP contribution in [0.25, 0.3) is 11.0 Å². The smallest absolute Gasteiger partial charge is 0.249 e. The average Bonchev–Trinajstić information content (AvgIpc) is 3.48. The number of nitrogens with zero attached hydrogens (tertiary/aromatic N) is 4. The van der Waals surface area contributed by atoms with Crippen LogP contribution < -0.4 is 10.2 Å². The van der Waals surface area contributed by atoms with Crippen molar-refractivity contribution in [3.63, 3.8) is 0 Å². The molecular weight excluding hydrogens is 446 g/mol. The van der Waals surface area contributed by atoms with Gasteiger partial charge in [-0.15, -0.1) is 16.4 Å². The largest absolute Gasteiger partial charge is 0.349 e. The molecule has 176 valence electrons. The number of fused-ring (bicyclic) bond motifs is 1. The van der Waals surface area contributed by atoms with Gasteiger partial charge in [0, 0.05) is 16.1 Å². The lowest BCUT2D eigenvalue weighted by atomic mass is 10.0. The van der Waals surface area contributed by atoms with Gasteiger partial charge in [0.15, 0.2) is 0 Å². The van der Waals surface area contributed by atoms with Crippen molar-refractivity contribution in [1.29, 1.82) is 0 Å². The molecule has 2 aromatic carbocycles. The molecule has 0 unspecified atom stereocenters. The van der Waals surface area contributed by atoms with Crippen LogP contribution in [0.4, 0.5) is 5.69 Å². The Morgan fingerprint density at radius 1 is 1.09 bits per heavy atom. The minimum Gasteiger partial charge on any atom is -0.349 e. The van der Waals surface area contributed by atoms with Crippen LogP contribution in [0.15, 0.2) is 66.0 Å². The third-order valence-corrected chi connectivity index (χ3v) is 6.88. The van der Waals surface area contributed by atoms with Gasteiger partial charge >= 0.3 is 0 Å². The summed E-state index contributed by atoms with van der Waals surface area (Å²) in [6.07, 6.45) is 0.763. The van der Waals surface area contributed by atoms with E-state index in [1.165, 1.54) is 11.3 Å². The Balaban J connectivity index is 1.77. The molecule has 2 heterocycles. The van der Waals surface area contributed by atoms with Crippen LogP contribution >= 0.6 is 11.3 Å². The molecular formula is C26H29N5O2S. The standard InChI is InChI=1S/C26H29N5O2S/c1-5-26(3,4)27-25(33)24(22-11-8-16-34-22)31(19-14-12-18(2)13-15-19)23(32)17-30-21-10-7-6-9-20(21)28-29-30/h6-16,24H,5,17H2,1-4H3,(H,27,33)/t24-/m1/s1. The SMILES string of the molecule is CCC(C)(C)NC(=O)[C@@H](c1cccs1)N(C(=O)Cn1nnc2ccccc21)c1ccc(C)cc1. The van der Waals surface area contributed by atoms with Crippen LogP contribution in [-0.2, 0) is 16.1 Å². The van der Waals surface area contributed by atoms with Gasteiger partial charge in [0.25, 0.3) is 0 Å². The number of hydrogen-bond acceptors (Lipinski definition) is 5. The van der Waals surface area contributed by atoms with E-state index in [4.69, 9.17) is 0 Å². The van der Waals surface area contributed by atoms with E-state index in [0.717, 1.165) is 27.9 Å². The number of aromatic nitrogens is 3. The lowest BCUT2D eigenvalue weighted by Crippen LogP contribution is -2.50. The number of nitrogens with one attached hydrogen (secondary N) is 1. The first-order chi connectivity index (χ1) is 16.3. The Labute approximate surface area is 203 Å². The van der Waals surface area contributed by atoms with Gasteiger partial charge in [-0.05, 0) is 62.9 Å². The molecule has 7 nitrogen and oxygen atoms in total. The molecule has 0 saturated carbocycles. The molecule has 0 saturated heterocycles. The van der Waals surface area contributed by atoms with Gasteiger partial charge in [-0.1, -0.05) is 48.0 Å². The minimum atomic E-state index is -0.809. The van der Waals surface area contributed by atoms with Gasteiger partial charge in [0.05, 0.1) is 5.52 Å². The molecule has 4 aromatic rings. The molecule has 1 atom stereocenters. The van der Waals surface area contributed by atoms with Crippen molar-refractivity contribution in [1.82, 2.24) is 20.3 Å². The van der Waals surface area contributed by atoms with E-state index in [9.17, 15) is 9.59 Å². The first-order valence-corrected chi connectivity index (χ1v) is 12.2. The highest BCUT2D eigenvalue weighted by Crippen LogP contribution is 2.32. The molecule has 8 heteroatoms. The second kappa shape index (κ2) is 9.77. The van der Waals surface area contributed by atoms with Gasteiger partial charge in [0.1, 0.15) is 18.1 Å². The molecule has 0 radical (unpaired) electrons. The first kappa shape index (κ1) is 23.6. The predicted octanol–water partition coefficient (Wildman–Crippen LogP) is 4.88. The Hall–Kier alpha value is -3.52. The Kier molecular flexibility index (Phi) is 6.79. The highest BCUT2D eigenvalue weighted by molar-refractivity contribution is 7.10. The predicted molar refractivity (Wildman–Crippen MR) is 136 cm³/mol. The fourth-order valence-corrected chi connectivity index (χ4v) is 4.50. The lowest BCUT2D eigenvalue weighted by molar-refractivity contribution is -0.128. The summed E-state index contributed by atoms with van der Waals surface area (Å²) in [5, 5.41) is 13.4. The van der Waals surface area contributed by atoms with Crippen LogP contribution in [0, 0.1) is 6.92 Å². The maximum absolute atomic E-state index is 13.9. The quantitative estimate of drug-likeness (QED) is 0.394. The molecule has 0 aliphatic heterocycles. The molecule has 4 rings (SSSR count). The summed E-state index contributed by atoms with van der Waals surface area (Å²) in [6.45, 7) is 7.94. The van der Waals surface area contributed by atoms with Gasteiger partial charge in [-0.25, -0.2) is 4.68 Å². The highest BCUT2D eigenvalue weighted by atomic mass is 32.1. The van der Waals surface area contributed by atoms with Crippen LogP contribution in [0.5, 0.6) is 0 Å². The van der Waals surface area contributed by atoms with E-state index in [0.29, 0.717) is 5.69 Å². The van der Waals surface area contributed by atoms with Crippen molar-refractivity contribution >= 4 is 39.9 Å². The minimum absolute atomic E-state index is 0.0410. The number of aryl methyl sites for hydroxylation is 1. The number of carbonyl (C=O) groups is 2. The van der Waals surface area contributed by atoms with E-state index < -0.39 is 11.6 Å². The zero-order chi connectivity index (χ0) is 24.3. The molecule has 0 aliphatic rings. The zero-order valence-electron chi connectivity index (χ0n) is 19.9. The Bertz CT molecular complexity index is 1280. The molecule has 0 spiro atoms. The van der Waals surface area contributed by atoms with Crippen LogP contribution in [0.1, 0.15) is 43.7 Å². The van der Waals surface area contributed by atoms with Gasteiger partial charge in [-0.2, -0.15) is 0 Å². The summed E-state index contributed by atoms with van der Waals surface area (Å²) in [6, 6.07) is 18.1. The van der Waals surface area contributed by atoms with Gasteiger partial charge in [0.2, 0.25) is 11.8 Å². The number of carbonyl (C=O) groups excluding carboxylic acids is 2. The molecule has 0 fully saturated rings. The summed E-state index contributed by atoms with van der Waals surface area (Å²) in [5.74, 6) is -0.464. The lowest BCUT2D eigenvalue weighted by Gasteiger charge is -2.34. The summed E-state index contributed by atoms with van der Waals surface area (Å²) >= 11 is 1.46. The van der Waals surface area contributed by atoms with Crippen molar-refractivity contribution in [2.24, 2.45) is 0 Å². The average molecular weight is 476 g/mol. The first-order valence-electron chi connectivity index (χ1n) is 11.3. The van der Waals surface area contributed by atoms with Crippen LogP contribution in [0.2, 0.25) is 0 Å². The number of rotatable bonds is 8. The van der Waals surface area contributed by atoms with Crippen molar-refractivity contribution in [2.45, 2.75) is 52.2 Å². The van der Waals surface area contributed by atoms with Gasteiger partial charge in [-0.3, -0.25) is 14.5 Å². The normalized spacial score (nSPS) is 12.5. The molecule has 2 aromatic heterocycles. The molecule has 0 bridgehead atoms. The number of amides is 2. The van der Waals surface area contributed by atoms with Crippen molar-refractivity contribution < 1.29 is 9.59 Å². The van der Waals surface area contributed by atoms with Crippen molar-refractivity contribution in [3.8, 4) is 0 Å². The van der Waals surface area contributed by atoms with Crippen LogP contribution in [-0.4, -0.2) is 32.3 Å². The Morgan fingerprint density at radius 3 is 2.50 bits per heavy atom. The maximum atomic E-state index is 13.9. The topological polar surface area (TPSA) is 80.1 Å². The zero-order valence-corrected chi connectivity index (χ0v) is 20.7. The van der Waals surface area contributed by atoms with Crippen molar-refractivity contribution in [2.75, 3.05) is 4.90 Å². The summed E-state index contributed by atoms with van der Waals surface area (Å²) < 4.78 is 1.58. The van der Waals surface area contributed by atoms with Gasteiger partial charge < -0.3 is 5.32 Å². The number of para-hydroxylation sites is 1.